The molecule has 10 heteroatoms. The van der Waals surface area contributed by atoms with E-state index in [4.69, 9.17) is 0 Å². The van der Waals surface area contributed by atoms with Gasteiger partial charge < -0.3 is 5.32 Å². The van der Waals surface area contributed by atoms with Gasteiger partial charge in [-0.2, -0.15) is 8.78 Å². The lowest BCUT2D eigenvalue weighted by Crippen LogP contribution is -2.55. The number of nitrogens with one attached hydrogen (secondary N) is 2. The highest BCUT2D eigenvalue weighted by Gasteiger charge is 2.77. The molecule has 0 unspecified atom stereocenters. The highest BCUT2D eigenvalue weighted by atomic mass is 79.9. The Morgan fingerprint density at radius 3 is 2.87 bits per heavy atom. The molecule has 124 valence electrons. The highest BCUT2D eigenvalue weighted by Crippen LogP contribution is 2.60. The fourth-order valence-electron chi connectivity index (χ4n) is 3.01. The van der Waals surface area contributed by atoms with Gasteiger partial charge in [0.1, 0.15) is 10.4 Å². The zero-order chi connectivity index (χ0) is 16.8. The largest absolute Gasteiger partial charge is 0.419 e. The number of halogens is 4. The summed E-state index contributed by atoms with van der Waals surface area (Å²) >= 11 is 3.15. The van der Waals surface area contributed by atoms with Gasteiger partial charge in [0.15, 0.2) is 0 Å². The van der Waals surface area contributed by atoms with Crippen molar-refractivity contribution in [3.8, 4) is 0 Å². The van der Waals surface area contributed by atoms with Gasteiger partial charge in [-0.1, -0.05) is 6.07 Å². The zero-order valence-corrected chi connectivity index (χ0v) is 13.1. The smallest absolute Gasteiger partial charge is 0.309 e. The van der Waals surface area contributed by atoms with E-state index in [0.717, 1.165) is 0 Å². The fraction of sp³-hybridized carbons (Fsp3) is 0.462. The second-order valence-electron chi connectivity index (χ2n) is 5.58. The molecule has 23 heavy (non-hydrogen) atoms. The molecule has 3 atom stereocenters. The number of nitrogens with zero attached hydrogens (tertiary/aromatic N) is 1. The first-order valence-corrected chi connectivity index (χ1v) is 7.51. The summed E-state index contributed by atoms with van der Waals surface area (Å²) in [7, 11) is 0. The van der Waals surface area contributed by atoms with E-state index in [1.54, 1.807) is 18.2 Å². The number of hydrogen-bond acceptors (Lipinski definition) is 5. The summed E-state index contributed by atoms with van der Waals surface area (Å²) in [4.78, 5) is 29.8. The average Bonchev–Trinajstić information content (AvgIpc) is 3.09. The van der Waals surface area contributed by atoms with Crippen molar-refractivity contribution in [1.29, 1.82) is 0 Å². The van der Waals surface area contributed by atoms with Gasteiger partial charge in [0.25, 0.3) is 0 Å². The first-order valence-electron chi connectivity index (χ1n) is 6.72. The monoisotopic (exact) mass is 393 g/mol. The molecule has 1 aromatic heterocycles. The van der Waals surface area contributed by atoms with Gasteiger partial charge in [0.2, 0.25) is 5.91 Å². The van der Waals surface area contributed by atoms with Crippen LogP contribution in [0, 0.1) is 5.92 Å². The lowest BCUT2D eigenvalue weighted by molar-refractivity contribution is -0.217. The number of amides is 1. The van der Waals surface area contributed by atoms with Crippen molar-refractivity contribution in [2.24, 2.45) is 5.92 Å². The number of anilines is 1. The Morgan fingerprint density at radius 1 is 1.48 bits per heavy atom. The van der Waals surface area contributed by atoms with Gasteiger partial charge in [0.05, 0.1) is 11.6 Å². The van der Waals surface area contributed by atoms with E-state index in [9.17, 15) is 22.9 Å². The lowest BCUT2D eigenvalue weighted by atomic mass is 10.1. The molecule has 2 fully saturated rings. The highest BCUT2D eigenvalue weighted by molar-refractivity contribution is 9.10. The Labute approximate surface area is 136 Å². The van der Waals surface area contributed by atoms with Crippen LogP contribution in [0.5, 0.6) is 0 Å². The van der Waals surface area contributed by atoms with Gasteiger partial charge in [-0.15, -0.1) is 0 Å². The number of alkyl halides is 2. The topological polar surface area (TPSA) is 80.3 Å². The van der Waals surface area contributed by atoms with Crippen molar-refractivity contribution in [2.75, 3.05) is 5.32 Å². The minimum Gasteiger partial charge on any atom is -0.309 e. The fourth-order valence-corrected chi connectivity index (χ4v) is 3.36. The molecule has 1 aliphatic carbocycles. The van der Waals surface area contributed by atoms with E-state index in [0.29, 0.717) is 4.60 Å². The molecule has 0 bridgehead atoms. The van der Waals surface area contributed by atoms with E-state index < -0.39 is 35.3 Å². The molecule has 1 aliphatic heterocycles. The third kappa shape index (κ3) is 2.59. The van der Waals surface area contributed by atoms with Crippen molar-refractivity contribution in [2.45, 2.75) is 30.3 Å². The summed E-state index contributed by atoms with van der Waals surface area (Å²) in [6.45, 7) is 0. The van der Waals surface area contributed by atoms with Crippen molar-refractivity contribution >= 4 is 33.6 Å². The summed E-state index contributed by atoms with van der Waals surface area (Å²) in [6.07, 6.45) is 0.100. The molecule has 2 heterocycles. The number of aromatic nitrogens is 1. The molecular weight excluding hydrogens is 383 g/mol. The predicted molar refractivity (Wildman–Crippen MR) is 75.1 cm³/mol. The first-order chi connectivity index (χ1) is 10.8. The molecule has 3 rings (SSSR count). The molecule has 6 nitrogen and oxygen atoms in total. The van der Waals surface area contributed by atoms with Crippen molar-refractivity contribution < 1.29 is 27.8 Å². The molecule has 1 saturated heterocycles. The summed E-state index contributed by atoms with van der Waals surface area (Å²) in [6, 6.07) is 3.94. The summed E-state index contributed by atoms with van der Waals surface area (Å²) in [5.41, 5.74) is -1.91. The van der Waals surface area contributed by atoms with E-state index in [1.807, 2.05) is 0 Å². The second kappa shape index (κ2) is 5.45. The number of piperidine rings is 1. The normalized spacial score (nSPS) is 28.9. The van der Waals surface area contributed by atoms with Crippen LogP contribution in [0.1, 0.15) is 12.8 Å². The molecule has 2 aliphatic rings. The van der Waals surface area contributed by atoms with Crippen LogP contribution in [0.15, 0.2) is 22.8 Å². The average molecular weight is 394 g/mol. The maximum absolute atomic E-state index is 13.9. The van der Waals surface area contributed by atoms with Crippen LogP contribution in [0.25, 0.3) is 0 Å². The minimum absolute atomic E-state index is 0.0198. The van der Waals surface area contributed by atoms with Crippen LogP contribution >= 0.6 is 15.9 Å². The number of carbonyl (C=O) groups excluding carboxylic acids is 2. The lowest BCUT2D eigenvalue weighted by Gasteiger charge is -2.24. The van der Waals surface area contributed by atoms with Crippen LogP contribution in [-0.4, -0.2) is 34.4 Å². The number of carbonyl (C=O) groups is 2. The van der Waals surface area contributed by atoms with Crippen LogP contribution in [0.4, 0.5) is 19.1 Å². The summed E-state index contributed by atoms with van der Waals surface area (Å²) in [5.74, 6) is -7.16. The molecule has 1 saturated carbocycles. The molecule has 2 N–H and O–H groups in total. The zero-order valence-electron chi connectivity index (χ0n) is 11.5. The van der Waals surface area contributed by atoms with Crippen molar-refractivity contribution in [3.05, 3.63) is 22.8 Å². The molecule has 0 spiro atoms. The molecule has 0 radical (unpaired) electrons. The number of hydrogen-bond donors (Lipinski definition) is 2. The maximum Gasteiger partial charge on any atom is 0.419 e. The van der Waals surface area contributed by atoms with Crippen molar-refractivity contribution in [3.63, 3.8) is 0 Å². The molecule has 1 amide bonds. The number of rotatable bonds is 4. The minimum atomic E-state index is -4.03. The third-order valence-electron chi connectivity index (χ3n) is 4.23. The van der Waals surface area contributed by atoms with E-state index >= 15 is 0 Å². The Kier molecular flexibility index (Phi) is 3.83. The predicted octanol–water partition coefficient (Wildman–Crippen LogP) is 1.97. The Balaban J connectivity index is 1.69. The van der Waals surface area contributed by atoms with Gasteiger partial charge in [0, 0.05) is 4.53 Å². The van der Waals surface area contributed by atoms with Gasteiger partial charge in [-0.3, -0.25) is 10.1 Å². The quantitative estimate of drug-likeness (QED) is 0.764. The Bertz CT molecular complexity index is 675. The van der Waals surface area contributed by atoms with Gasteiger partial charge in [-0.05, 0) is 46.8 Å². The number of pyridine rings is 1. The van der Waals surface area contributed by atoms with Crippen molar-refractivity contribution in [1.82, 2.24) is 10.3 Å². The molecule has 0 aromatic carbocycles. The maximum atomic E-state index is 13.9. The van der Waals surface area contributed by atoms with Crippen LogP contribution in [0.2, 0.25) is 0 Å². The van der Waals surface area contributed by atoms with Crippen LogP contribution < -0.4 is 10.6 Å². The van der Waals surface area contributed by atoms with E-state index in [1.165, 1.54) is 0 Å². The molecule has 1 aromatic rings. The SMILES string of the molecule is O=C(Nc1cccc(Br)n1)[C@@H]1C[C@@H]2C[C@@]2(C(F)(F)C(=O)OF)N1. The van der Waals surface area contributed by atoms with Crippen LogP contribution in [0.3, 0.4) is 0 Å². The van der Waals surface area contributed by atoms with E-state index in [2.05, 4.69) is 36.5 Å². The standard InChI is InChI=1S/C13H11BrF3N3O3/c14-8-2-1-3-9(18-8)19-10(21)7-4-6-5-12(6,20-7)13(15,16)11(22)23-17/h1-3,6-7,20H,4-5H2,(H,18,19,21)/t6-,7+,12-/m1/s1. The summed E-state index contributed by atoms with van der Waals surface area (Å²) in [5, 5.41) is 4.96. The Morgan fingerprint density at radius 2 is 2.22 bits per heavy atom. The first kappa shape index (κ1) is 16.2. The second-order valence-corrected chi connectivity index (χ2v) is 6.39. The third-order valence-corrected chi connectivity index (χ3v) is 4.67. The number of fused-ring (bicyclic) bond motifs is 1. The van der Waals surface area contributed by atoms with E-state index in [-0.39, 0.29) is 18.7 Å². The Hall–Kier alpha value is -1.68. The van der Waals surface area contributed by atoms with Gasteiger partial charge >= 0.3 is 11.9 Å². The summed E-state index contributed by atoms with van der Waals surface area (Å²) < 4.78 is 40.2. The molecular formula is C13H11BrF3N3O3. The van der Waals surface area contributed by atoms with Crippen LogP contribution in [-0.2, 0) is 14.5 Å². The van der Waals surface area contributed by atoms with Gasteiger partial charge in [-0.25, -0.2) is 14.7 Å².